The van der Waals surface area contributed by atoms with Gasteiger partial charge in [-0.15, -0.1) is 11.8 Å². The molecule has 1 aromatic carbocycles. The van der Waals surface area contributed by atoms with Gasteiger partial charge in [0.1, 0.15) is 0 Å². The van der Waals surface area contributed by atoms with Crippen molar-refractivity contribution in [2.45, 2.75) is 30.6 Å². The molecule has 1 saturated carbocycles. The molecule has 0 N–H and O–H groups in total. The van der Waals surface area contributed by atoms with Crippen molar-refractivity contribution in [3.05, 3.63) is 28.8 Å². The van der Waals surface area contributed by atoms with E-state index in [0.29, 0.717) is 5.02 Å². The van der Waals surface area contributed by atoms with Gasteiger partial charge in [-0.2, -0.15) is 0 Å². The number of halogens is 1. The van der Waals surface area contributed by atoms with Crippen molar-refractivity contribution >= 4 is 29.6 Å². The first-order valence-electron chi connectivity index (χ1n) is 5.67. The van der Waals surface area contributed by atoms with E-state index in [2.05, 4.69) is 0 Å². The van der Waals surface area contributed by atoms with Gasteiger partial charge in [0.25, 0.3) is 0 Å². The van der Waals surface area contributed by atoms with Crippen molar-refractivity contribution in [3.8, 4) is 0 Å². The maximum Gasteiger partial charge on any atom is 0.151 e. The van der Waals surface area contributed by atoms with Crippen molar-refractivity contribution < 1.29 is 4.79 Å². The number of hydrogen-bond donors (Lipinski definition) is 0. The Morgan fingerprint density at radius 1 is 1.38 bits per heavy atom. The third kappa shape index (κ3) is 3.02. The number of carbonyl (C=O) groups excluding carboxylic acids is 1. The average Bonchev–Trinajstić information content (AvgIpc) is 2.80. The third-order valence-corrected chi connectivity index (χ3v) is 4.60. The van der Waals surface area contributed by atoms with Gasteiger partial charge < -0.3 is 0 Å². The highest BCUT2D eigenvalue weighted by atomic mass is 35.5. The normalized spacial score (nSPS) is 16.6. The van der Waals surface area contributed by atoms with E-state index in [4.69, 9.17) is 11.6 Å². The van der Waals surface area contributed by atoms with Gasteiger partial charge in [-0.25, -0.2) is 0 Å². The Balaban J connectivity index is 1.99. The summed E-state index contributed by atoms with van der Waals surface area (Å²) >= 11 is 7.64. The molecule has 2 rings (SSSR count). The van der Waals surface area contributed by atoms with Crippen molar-refractivity contribution in [2.24, 2.45) is 5.92 Å². The lowest BCUT2D eigenvalue weighted by atomic mass is 10.1. The van der Waals surface area contributed by atoms with Crippen LogP contribution in [0.4, 0.5) is 0 Å². The molecular formula is C13H15ClOS. The summed E-state index contributed by atoms with van der Waals surface area (Å²) in [6.45, 7) is 0. The second-order valence-corrected chi connectivity index (χ2v) is 5.76. The zero-order valence-electron chi connectivity index (χ0n) is 9.12. The zero-order valence-corrected chi connectivity index (χ0v) is 10.7. The predicted octanol–water partition coefficient (Wildman–Crippen LogP) is 4.43. The molecule has 1 aliphatic carbocycles. The van der Waals surface area contributed by atoms with E-state index >= 15 is 0 Å². The quantitative estimate of drug-likeness (QED) is 0.584. The minimum atomic E-state index is 0.632. The van der Waals surface area contributed by atoms with Crippen LogP contribution in [0.2, 0.25) is 5.02 Å². The molecule has 0 bridgehead atoms. The zero-order chi connectivity index (χ0) is 11.4. The summed E-state index contributed by atoms with van der Waals surface area (Å²) in [6, 6.07) is 5.54. The molecule has 0 spiro atoms. The summed E-state index contributed by atoms with van der Waals surface area (Å²) in [5.74, 6) is 1.96. The lowest BCUT2D eigenvalue weighted by molar-refractivity contribution is 0.112. The second-order valence-electron chi connectivity index (χ2n) is 4.26. The van der Waals surface area contributed by atoms with Gasteiger partial charge in [0.15, 0.2) is 6.29 Å². The number of benzene rings is 1. The maximum atomic E-state index is 10.9. The van der Waals surface area contributed by atoms with Crippen LogP contribution in [0.3, 0.4) is 0 Å². The molecule has 0 amide bonds. The standard InChI is InChI=1S/C13H15ClOS/c14-12-5-6-13(11(7-12)8-15)16-9-10-3-1-2-4-10/h5-8,10H,1-4,9H2. The smallest absolute Gasteiger partial charge is 0.151 e. The molecule has 1 fully saturated rings. The van der Waals surface area contributed by atoms with Crippen LogP contribution < -0.4 is 0 Å². The van der Waals surface area contributed by atoms with Crippen LogP contribution in [0, 0.1) is 5.92 Å². The Kier molecular flexibility index (Phi) is 4.30. The fourth-order valence-electron chi connectivity index (χ4n) is 2.13. The number of thioether (sulfide) groups is 1. The van der Waals surface area contributed by atoms with E-state index in [1.807, 2.05) is 12.1 Å². The lowest BCUT2D eigenvalue weighted by Crippen LogP contribution is -1.97. The van der Waals surface area contributed by atoms with Gasteiger partial charge in [0, 0.05) is 21.2 Å². The van der Waals surface area contributed by atoms with Gasteiger partial charge in [0.05, 0.1) is 0 Å². The van der Waals surface area contributed by atoms with Gasteiger partial charge in [-0.05, 0) is 37.0 Å². The first-order valence-corrected chi connectivity index (χ1v) is 7.03. The molecule has 0 aliphatic heterocycles. The first kappa shape index (κ1) is 12.0. The lowest BCUT2D eigenvalue weighted by Gasteiger charge is -2.09. The summed E-state index contributed by atoms with van der Waals surface area (Å²) in [5.41, 5.74) is 0.718. The van der Waals surface area contributed by atoms with E-state index in [9.17, 15) is 4.79 Å². The highest BCUT2D eigenvalue weighted by Gasteiger charge is 2.15. The summed E-state index contributed by atoms with van der Waals surface area (Å²) in [4.78, 5) is 12.0. The summed E-state index contributed by atoms with van der Waals surface area (Å²) in [5, 5.41) is 0.632. The topological polar surface area (TPSA) is 17.1 Å². The molecule has 1 aliphatic rings. The Morgan fingerprint density at radius 3 is 2.81 bits per heavy atom. The van der Waals surface area contributed by atoms with Crippen molar-refractivity contribution in [3.63, 3.8) is 0 Å². The van der Waals surface area contributed by atoms with Gasteiger partial charge >= 0.3 is 0 Å². The van der Waals surface area contributed by atoms with Gasteiger partial charge in [-0.1, -0.05) is 24.4 Å². The Labute approximate surface area is 106 Å². The van der Waals surface area contributed by atoms with E-state index in [1.165, 1.54) is 25.7 Å². The third-order valence-electron chi connectivity index (χ3n) is 3.05. The Hall–Kier alpha value is -0.470. The Bertz CT molecular complexity index is 372. The predicted molar refractivity (Wildman–Crippen MR) is 69.5 cm³/mol. The molecule has 86 valence electrons. The molecule has 3 heteroatoms. The van der Waals surface area contributed by atoms with E-state index in [-0.39, 0.29) is 0 Å². The average molecular weight is 255 g/mol. The Morgan fingerprint density at radius 2 is 2.12 bits per heavy atom. The molecule has 0 atom stereocenters. The minimum absolute atomic E-state index is 0.632. The number of carbonyl (C=O) groups is 1. The largest absolute Gasteiger partial charge is 0.298 e. The highest BCUT2D eigenvalue weighted by Crippen LogP contribution is 2.32. The van der Waals surface area contributed by atoms with Crippen molar-refractivity contribution in [2.75, 3.05) is 5.75 Å². The summed E-state index contributed by atoms with van der Waals surface area (Å²) < 4.78 is 0. The SMILES string of the molecule is O=Cc1cc(Cl)ccc1SCC1CCCC1. The summed E-state index contributed by atoms with van der Waals surface area (Å²) in [6.07, 6.45) is 6.32. The van der Waals surface area contributed by atoms with Gasteiger partial charge in [0.2, 0.25) is 0 Å². The molecular weight excluding hydrogens is 240 g/mol. The number of aldehydes is 1. The number of rotatable bonds is 4. The van der Waals surface area contributed by atoms with Crippen LogP contribution >= 0.6 is 23.4 Å². The highest BCUT2D eigenvalue weighted by molar-refractivity contribution is 7.99. The molecule has 0 saturated heterocycles. The number of hydrogen-bond acceptors (Lipinski definition) is 2. The van der Waals surface area contributed by atoms with Crippen LogP contribution in [-0.4, -0.2) is 12.0 Å². The van der Waals surface area contributed by atoms with Crippen LogP contribution in [0.1, 0.15) is 36.0 Å². The summed E-state index contributed by atoms with van der Waals surface area (Å²) in [7, 11) is 0. The van der Waals surface area contributed by atoms with Crippen molar-refractivity contribution in [1.29, 1.82) is 0 Å². The molecule has 1 aromatic rings. The van der Waals surface area contributed by atoms with Crippen LogP contribution in [0.5, 0.6) is 0 Å². The first-order chi connectivity index (χ1) is 7.79. The van der Waals surface area contributed by atoms with E-state index < -0.39 is 0 Å². The van der Waals surface area contributed by atoms with E-state index in [0.717, 1.165) is 28.4 Å². The fraction of sp³-hybridized carbons (Fsp3) is 0.462. The monoisotopic (exact) mass is 254 g/mol. The van der Waals surface area contributed by atoms with Crippen molar-refractivity contribution in [1.82, 2.24) is 0 Å². The molecule has 1 nitrogen and oxygen atoms in total. The fourth-order valence-corrected chi connectivity index (χ4v) is 3.49. The minimum Gasteiger partial charge on any atom is -0.298 e. The van der Waals surface area contributed by atoms with Gasteiger partial charge in [-0.3, -0.25) is 4.79 Å². The van der Waals surface area contributed by atoms with E-state index in [1.54, 1.807) is 17.8 Å². The van der Waals surface area contributed by atoms with Crippen LogP contribution in [0.25, 0.3) is 0 Å². The maximum absolute atomic E-state index is 10.9. The molecule has 0 unspecified atom stereocenters. The van der Waals surface area contributed by atoms with Crippen LogP contribution in [0.15, 0.2) is 23.1 Å². The second kappa shape index (κ2) is 5.74. The molecule has 0 aromatic heterocycles. The molecule has 16 heavy (non-hydrogen) atoms. The molecule has 0 heterocycles. The molecule has 0 radical (unpaired) electrons. The van der Waals surface area contributed by atoms with Crippen LogP contribution in [-0.2, 0) is 0 Å².